The number of hydrogen-bond acceptors (Lipinski definition) is 3. The van der Waals surface area contributed by atoms with Gasteiger partial charge in [-0.3, -0.25) is 0 Å². The Bertz CT molecular complexity index is 292. The molecule has 0 aromatic carbocycles. The lowest BCUT2D eigenvalue weighted by Crippen LogP contribution is -2.39. The third-order valence-electron chi connectivity index (χ3n) is 3.46. The summed E-state index contributed by atoms with van der Waals surface area (Å²) in [4.78, 5) is 0. The van der Waals surface area contributed by atoms with Gasteiger partial charge in [0.25, 0.3) is 0 Å². The van der Waals surface area contributed by atoms with Gasteiger partial charge in [-0.15, -0.1) is 0 Å². The lowest BCUT2D eigenvalue weighted by molar-refractivity contribution is 0.288. The van der Waals surface area contributed by atoms with Crippen molar-refractivity contribution in [1.82, 2.24) is 5.32 Å². The molecule has 3 nitrogen and oxygen atoms in total. The van der Waals surface area contributed by atoms with E-state index in [0.29, 0.717) is 17.8 Å². The molecule has 0 radical (unpaired) electrons. The van der Waals surface area contributed by atoms with E-state index in [0.717, 1.165) is 12.3 Å². The van der Waals surface area contributed by atoms with Crippen molar-refractivity contribution in [2.24, 2.45) is 5.92 Å². The zero-order chi connectivity index (χ0) is 12.2. The van der Waals surface area contributed by atoms with Crippen molar-refractivity contribution < 1.29 is 8.42 Å². The Hall–Kier alpha value is -0.0900. The van der Waals surface area contributed by atoms with Gasteiger partial charge in [-0.05, 0) is 44.9 Å². The first-order chi connectivity index (χ1) is 7.37. The molecule has 0 aliphatic heterocycles. The zero-order valence-corrected chi connectivity index (χ0v) is 11.5. The van der Waals surface area contributed by atoms with Gasteiger partial charge in [0.05, 0.1) is 5.75 Å². The molecule has 1 rings (SSSR count). The highest BCUT2D eigenvalue weighted by molar-refractivity contribution is 7.90. The van der Waals surface area contributed by atoms with Crippen molar-refractivity contribution in [3.8, 4) is 0 Å². The van der Waals surface area contributed by atoms with E-state index in [-0.39, 0.29) is 0 Å². The van der Waals surface area contributed by atoms with Crippen LogP contribution in [0, 0.1) is 5.92 Å². The van der Waals surface area contributed by atoms with E-state index in [1.165, 1.54) is 31.9 Å². The van der Waals surface area contributed by atoms with Gasteiger partial charge in [0.15, 0.2) is 0 Å². The van der Waals surface area contributed by atoms with Crippen LogP contribution >= 0.6 is 0 Å². The minimum Gasteiger partial charge on any atom is -0.311 e. The highest BCUT2D eigenvalue weighted by Gasteiger charge is 2.19. The predicted octanol–water partition coefficient (Wildman–Crippen LogP) is 1.98. The second-order valence-electron chi connectivity index (χ2n) is 5.44. The zero-order valence-electron chi connectivity index (χ0n) is 10.7. The molecule has 0 aromatic rings. The summed E-state index contributed by atoms with van der Waals surface area (Å²) >= 11 is 0. The van der Waals surface area contributed by atoms with Gasteiger partial charge in [-0.1, -0.05) is 6.92 Å². The predicted molar refractivity (Wildman–Crippen MR) is 68.3 cm³/mol. The molecule has 0 bridgehead atoms. The standard InChI is InChI=1S/C12H25NO2S/c1-10-4-6-12(7-5-10)13-11(2)8-9-16(3,14)15/h10-13H,4-9H2,1-3H3. The van der Waals surface area contributed by atoms with Crippen LogP contribution in [-0.4, -0.2) is 32.5 Å². The molecule has 1 aliphatic carbocycles. The number of rotatable bonds is 5. The van der Waals surface area contributed by atoms with E-state index in [1.807, 2.05) is 0 Å². The van der Waals surface area contributed by atoms with Crippen LogP contribution in [0.3, 0.4) is 0 Å². The summed E-state index contributed by atoms with van der Waals surface area (Å²) < 4.78 is 22.1. The van der Waals surface area contributed by atoms with Crippen LogP contribution in [0.4, 0.5) is 0 Å². The molecule has 0 aromatic heterocycles. The van der Waals surface area contributed by atoms with Crippen LogP contribution < -0.4 is 5.32 Å². The maximum absolute atomic E-state index is 11.0. The Balaban J connectivity index is 2.21. The Morgan fingerprint density at radius 1 is 1.25 bits per heavy atom. The molecule has 4 heteroatoms. The van der Waals surface area contributed by atoms with Crippen LogP contribution in [-0.2, 0) is 9.84 Å². The highest BCUT2D eigenvalue weighted by atomic mass is 32.2. The Morgan fingerprint density at radius 3 is 2.31 bits per heavy atom. The van der Waals surface area contributed by atoms with Gasteiger partial charge in [0.2, 0.25) is 0 Å². The molecule has 1 unspecified atom stereocenters. The fourth-order valence-electron chi connectivity index (χ4n) is 2.30. The van der Waals surface area contributed by atoms with Crippen molar-refractivity contribution in [2.75, 3.05) is 12.0 Å². The van der Waals surface area contributed by atoms with E-state index < -0.39 is 9.84 Å². The summed E-state index contributed by atoms with van der Waals surface area (Å²) in [6.45, 7) is 4.40. The van der Waals surface area contributed by atoms with E-state index in [9.17, 15) is 8.42 Å². The van der Waals surface area contributed by atoms with Gasteiger partial charge in [0.1, 0.15) is 9.84 Å². The minimum absolute atomic E-state index is 0.296. The third-order valence-corrected chi connectivity index (χ3v) is 4.44. The molecule has 1 aliphatic rings. The minimum atomic E-state index is -2.81. The first-order valence-corrected chi connectivity index (χ1v) is 8.36. The molecule has 0 saturated heterocycles. The summed E-state index contributed by atoms with van der Waals surface area (Å²) in [5, 5.41) is 3.55. The van der Waals surface area contributed by atoms with Crippen molar-refractivity contribution in [3.05, 3.63) is 0 Å². The van der Waals surface area contributed by atoms with Crippen molar-refractivity contribution >= 4 is 9.84 Å². The molecular formula is C12H25NO2S. The van der Waals surface area contributed by atoms with Gasteiger partial charge in [-0.25, -0.2) is 8.42 Å². The molecule has 1 saturated carbocycles. The van der Waals surface area contributed by atoms with Gasteiger partial charge in [0, 0.05) is 18.3 Å². The maximum atomic E-state index is 11.0. The van der Waals surface area contributed by atoms with Crippen LogP contribution in [0.25, 0.3) is 0 Å². The van der Waals surface area contributed by atoms with Crippen LogP contribution in [0.15, 0.2) is 0 Å². The topological polar surface area (TPSA) is 46.2 Å². The quantitative estimate of drug-likeness (QED) is 0.808. The molecule has 96 valence electrons. The maximum Gasteiger partial charge on any atom is 0.147 e. The van der Waals surface area contributed by atoms with Crippen molar-refractivity contribution in [2.45, 2.75) is 58.0 Å². The molecule has 0 spiro atoms. The fourth-order valence-corrected chi connectivity index (χ4v) is 3.09. The molecule has 0 amide bonds. The van der Waals surface area contributed by atoms with Crippen LogP contribution in [0.5, 0.6) is 0 Å². The third kappa shape index (κ3) is 5.85. The molecule has 1 N–H and O–H groups in total. The van der Waals surface area contributed by atoms with E-state index >= 15 is 0 Å². The molecule has 16 heavy (non-hydrogen) atoms. The van der Waals surface area contributed by atoms with E-state index in [4.69, 9.17) is 0 Å². The summed E-state index contributed by atoms with van der Waals surface area (Å²) in [6, 6.07) is 0.916. The first kappa shape index (κ1) is 14.0. The summed E-state index contributed by atoms with van der Waals surface area (Å²) in [5.74, 6) is 1.16. The second kappa shape index (κ2) is 6.01. The Labute approximate surface area is 99.9 Å². The smallest absolute Gasteiger partial charge is 0.147 e. The molecule has 1 fully saturated rings. The average Bonchev–Trinajstić information content (AvgIpc) is 2.18. The van der Waals surface area contributed by atoms with Gasteiger partial charge < -0.3 is 5.32 Å². The summed E-state index contributed by atoms with van der Waals surface area (Å²) in [5.41, 5.74) is 0. The summed E-state index contributed by atoms with van der Waals surface area (Å²) in [6.07, 6.45) is 7.12. The van der Waals surface area contributed by atoms with E-state index in [2.05, 4.69) is 19.2 Å². The molecule has 1 atom stereocenters. The van der Waals surface area contributed by atoms with Crippen molar-refractivity contribution in [1.29, 1.82) is 0 Å². The summed E-state index contributed by atoms with van der Waals surface area (Å²) in [7, 11) is -2.81. The Kier molecular flexibility index (Phi) is 5.25. The normalized spacial score (nSPS) is 28.9. The highest BCUT2D eigenvalue weighted by Crippen LogP contribution is 2.23. The SMILES string of the molecule is CC1CCC(NC(C)CCS(C)(=O)=O)CC1. The monoisotopic (exact) mass is 247 g/mol. The van der Waals surface area contributed by atoms with Gasteiger partial charge >= 0.3 is 0 Å². The number of sulfone groups is 1. The lowest BCUT2D eigenvalue weighted by Gasteiger charge is -2.29. The largest absolute Gasteiger partial charge is 0.311 e. The van der Waals surface area contributed by atoms with E-state index in [1.54, 1.807) is 0 Å². The average molecular weight is 247 g/mol. The second-order valence-corrected chi connectivity index (χ2v) is 7.70. The Morgan fingerprint density at radius 2 is 1.81 bits per heavy atom. The van der Waals surface area contributed by atoms with Gasteiger partial charge in [-0.2, -0.15) is 0 Å². The van der Waals surface area contributed by atoms with Crippen LogP contribution in [0.2, 0.25) is 0 Å². The fraction of sp³-hybridized carbons (Fsp3) is 1.00. The molecule has 0 heterocycles. The van der Waals surface area contributed by atoms with Crippen LogP contribution in [0.1, 0.15) is 46.0 Å². The lowest BCUT2D eigenvalue weighted by atomic mass is 9.87. The number of hydrogen-bond donors (Lipinski definition) is 1. The number of nitrogens with one attached hydrogen (secondary N) is 1. The first-order valence-electron chi connectivity index (χ1n) is 6.30. The van der Waals surface area contributed by atoms with Crippen molar-refractivity contribution in [3.63, 3.8) is 0 Å². The molecular weight excluding hydrogens is 222 g/mol.